The Bertz CT molecular complexity index is 1480. The van der Waals surface area contributed by atoms with Crippen LogP contribution < -0.4 is 9.64 Å². The Kier molecular flexibility index (Phi) is 7.17. The molecule has 0 spiro atoms. The maximum atomic E-state index is 14.5. The fourth-order valence-corrected chi connectivity index (χ4v) is 6.46. The lowest BCUT2D eigenvalue weighted by Crippen LogP contribution is -2.47. The molecule has 8 heteroatoms. The highest BCUT2D eigenvalue weighted by Crippen LogP contribution is 2.56. The van der Waals surface area contributed by atoms with Crippen molar-refractivity contribution in [3.63, 3.8) is 0 Å². The number of methoxy groups -OCH3 is 1. The molecule has 3 aromatic rings. The van der Waals surface area contributed by atoms with E-state index in [0.717, 1.165) is 15.7 Å². The Morgan fingerprint density at radius 3 is 2.47 bits per heavy atom. The average molecular weight is 636 g/mol. The van der Waals surface area contributed by atoms with Crippen LogP contribution in [0.3, 0.4) is 0 Å². The molecule has 2 heterocycles. The Hall–Kier alpha value is -3.41. The highest BCUT2D eigenvalue weighted by molar-refractivity contribution is 9.10. The lowest BCUT2D eigenvalue weighted by molar-refractivity contribution is -0.152. The third kappa shape index (κ3) is 4.05. The number of carbonyl (C=O) groups is 2. The number of para-hydroxylation sites is 1. The smallest absolute Gasteiger partial charge is 0.329 e. The van der Waals surface area contributed by atoms with Crippen molar-refractivity contribution in [1.29, 1.82) is 5.26 Å². The van der Waals surface area contributed by atoms with Crippen molar-refractivity contribution in [3.05, 3.63) is 98.4 Å². The Morgan fingerprint density at radius 1 is 1.08 bits per heavy atom. The monoisotopic (exact) mass is 634 g/mol. The van der Waals surface area contributed by atoms with Gasteiger partial charge in [0, 0.05) is 21.6 Å². The Morgan fingerprint density at radius 2 is 1.82 bits per heavy atom. The molecule has 2 aliphatic heterocycles. The maximum Gasteiger partial charge on any atom is 0.329 e. The molecule has 2 aliphatic rings. The van der Waals surface area contributed by atoms with E-state index >= 15 is 0 Å². The molecule has 1 saturated heterocycles. The quantitative estimate of drug-likeness (QED) is 0.226. The normalized spacial score (nSPS) is 23.2. The summed E-state index contributed by atoms with van der Waals surface area (Å²) in [7, 11) is 1.56. The minimum Gasteiger partial charge on any atom is -0.496 e. The van der Waals surface area contributed by atoms with Crippen LogP contribution in [0.15, 0.2) is 81.8 Å². The number of ketones is 1. The number of rotatable bonds is 6. The van der Waals surface area contributed by atoms with Gasteiger partial charge in [-0.25, -0.2) is 0 Å². The zero-order valence-corrected chi connectivity index (χ0v) is 23.9. The van der Waals surface area contributed by atoms with Crippen molar-refractivity contribution in [2.24, 2.45) is 5.41 Å². The number of esters is 1. The summed E-state index contributed by atoms with van der Waals surface area (Å²) >= 11 is 6.97. The molecule has 0 saturated carbocycles. The first kappa shape index (κ1) is 26.2. The third-order valence-corrected chi connectivity index (χ3v) is 8.43. The van der Waals surface area contributed by atoms with Crippen molar-refractivity contribution < 1.29 is 19.1 Å². The first-order chi connectivity index (χ1) is 18.4. The molecule has 0 bridgehead atoms. The van der Waals surface area contributed by atoms with E-state index in [1.165, 1.54) is 0 Å². The first-order valence-electron chi connectivity index (χ1n) is 12.1. The van der Waals surface area contributed by atoms with Gasteiger partial charge in [0.1, 0.15) is 11.8 Å². The summed E-state index contributed by atoms with van der Waals surface area (Å²) in [6.45, 7) is 1.83. The SMILES string of the molecule is CCOC(=O)[C@@]1(C#N)[C@H](c2ccc(Br)cc2)[C@@H](C(=O)c2ccc(OC)c(Br)c2)N2c3ccccc3C=C[C@H]21. The van der Waals surface area contributed by atoms with Crippen LogP contribution in [0.25, 0.3) is 6.08 Å². The number of halogens is 2. The zero-order valence-electron chi connectivity index (χ0n) is 20.7. The van der Waals surface area contributed by atoms with E-state index in [2.05, 4.69) is 37.9 Å². The summed E-state index contributed by atoms with van der Waals surface area (Å²) in [6, 6.07) is 21.1. The van der Waals surface area contributed by atoms with Crippen LogP contribution in [0.2, 0.25) is 0 Å². The van der Waals surface area contributed by atoms with Gasteiger partial charge < -0.3 is 14.4 Å². The fraction of sp³-hybridized carbons (Fsp3) is 0.233. The number of Topliss-reactive ketones (excluding diaryl/α,β-unsaturated/α-hetero) is 1. The molecule has 192 valence electrons. The van der Waals surface area contributed by atoms with Crippen LogP contribution in [-0.2, 0) is 9.53 Å². The molecule has 5 rings (SSSR count). The van der Waals surface area contributed by atoms with Crippen LogP contribution in [0, 0.1) is 16.7 Å². The largest absolute Gasteiger partial charge is 0.496 e. The predicted molar refractivity (Wildman–Crippen MR) is 152 cm³/mol. The summed E-state index contributed by atoms with van der Waals surface area (Å²) in [6.07, 6.45) is 3.77. The Labute approximate surface area is 238 Å². The molecule has 1 fully saturated rings. The molecule has 0 radical (unpaired) electrons. The van der Waals surface area contributed by atoms with Crippen molar-refractivity contribution in [1.82, 2.24) is 0 Å². The molecule has 0 aromatic heterocycles. The van der Waals surface area contributed by atoms with E-state index in [1.54, 1.807) is 32.2 Å². The van der Waals surface area contributed by atoms with Crippen LogP contribution in [0.5, 0.6) is 5.75 Å². The average Bonchev–Trinajstić information content (AvgIpc) is 3.25. The maximum absolute atomic E-state index is 14.5. The van der Waals surface area contributed by atoms with Gasteiger partial charge in [0.2, 0.25) is 0 Å². The second-order valence-corrected chi connectivity index (χ2v) is 10.9. The van der Waals surface area contributed by atoms with E-state index in [1.807, 2.05) is 65.6 Å². The van der Waals surface area contributed by atoms with Crippen LogP contribution in [0.1, 0.15) is 34.3 Å². The number of hydrogen-bond donors (Lipinski definition) is 0. The minimum absolute atomic E-state index is 0.117. The summed E-state index contributed by atoms with van der Waals surface area (Å²) in [5, 5.41) is 10.8. The van der Waals surface area contributed by atoms with Gasteiger partial charge >= 0.3 is 5.97 Å². The Balaban J connectivity index is 1.79. The van der Waals surface area contributed by atoms with Gasteiger partial charge in [-0.15, -0.1) is 0 Å². The fourth-order valence-electron chi connectivity index (χ4n) is 5.65. The summed E-state index contributed by atoms with van der Waals surface area (Å²) < 4.78 is 12.4. The lowest BCUT2D eigenvalue weighted by Gasteiger charge is -2.36. The molecule has 0 unspecified atom stereocenters. The van der Waals surface area contributed by atoms with Gasteiger partial charge in [0.25, 0.3) is 0 Å². The number of carbonyl (C=O) groups excluding carboxylic acids is 2. The van der Waals surface area contributed by atoms with Gasteiger partial charge in [-0.1, -0.05) is 58.4 Å². The topological polar surface area (TPSA) is 79.6 Å². The predicted octanol–water partition coefficient (Wildman–Crippen LogP) is 6.54. The molecular formula is C30H24Br2N2O4. The van der Waals surface area contributed by atoms with Gasteiger partial charge in [0.15, 0.2) is 11.2 Å². The molecule has 38 heavy (non-hydrogen) atoms. The molecule has 4 atom stereocenters. The van der Waals surface area contributed by atoms with Gasteiger partial charge in [0.05, 0.1) is 30.3 Å². The van der Waals surface area contributed by atoms with Crippen molar-refractivity contribution >= 4 is 55.4 Å². The van der Waals surface area contributed by atoms with Crippen molar-refractivity contribution in [2.45, 2.75) is 24.9 Å². The van der Waals surface area contributed by atoms with Crippen molar-refractivity contribution in [3.8, 4) is 11.8 Å². The van der Waals surface area contributed by atoms with E-state index in [4.69, 9.17) is 9.47 Å². The number of nitrogens with zero attached hydrogens (tertiary/aromatic N) is 2. The molecule has 0 amide bonds. The number of hydrogen-bond acceptors (Lipinski definition) is 6. The third-order valence-electron chi connectivity index (χ3n) is 7.28. The number of anilines is 1. The number of ether oxygens (including phenoxy) is 2. The van der Waals surface area contributed by atoms with E-state index < -0.39 is 29.4 Å². The number of nitriles is 1. The van der Waals surface area contributed by atoms with E-state index in [0.29, 0.717) is 21.3 Å². The summed E-state index contributed by atoms with van der Waals surface area (Å²) in [4.78, 5) is 30.2. The second-order valence-electron chi connectivity index (χ2n) is 9.16. The highest BCUT2D eigenvalue weighted by Gasteiger charge is 2.67. The van der Waals surface area contributed by atoms with E-state index in [9.17, 15) is 14.9 Å². The standard InChI is InChI=1S/C30H24Br2N2O4/c1-3-38-29(36)30(17-33)25-15-11-18-6-4-5-7-23(18)34(25)27(26(30)19-8-12-21(31)13-9-19)28(35)20-10-14-24(37-2)22(32)16-20/h4-16,25-27H,3H2,1-2H3/t25-,26+,27-,30+/m0/s1. The highest BCUT2D eigenvalue weighted by atomic mass is 79.9. The van der Waals surface area contributed by atoms with E-state index in [-0.39, 0.29) is 12.4 Å². The van der Waals surface area contributed by atoms with Gasteiger partial charge in [-0.2, -0.15) is 5.26 Å². The van der Waals surface area contributed by atoms with Gasteiger partial charge in [-0.3, -0.25) is 9.59 Å². The minimum atomic E-state index is -1.67. The van der Waals surface area contributed by atoms with Crippen molar-refractivity contribution in [2.75, 3.05) is 18.6 Å². The summed E-state index contributed by atoms with van der Waals surface area (Å²) in [5.74, 6) is -1.06. The van der Waals surface area contributed by atoms with Crippen LogP contribution in [0.4, 0.5) is 5.69 Å². The summed E-state index contributed by atoms with van der Waals surface area (Å²) in [5.41, 5.74) is 1.17. The first-order valence-corrected chi connectivity index (χ1v) is 13.7. The molecule has 3 aromatic carbocycles. The zero-order chi connectivity index (χ0) is 27.0. The number of fused-ring (bicyclic) bond motifs is 3. The molecule has 0 N–H and O–H groups in total. The molecule has 6 nitrogen and oxygen atoms in total. The number of benzene rings is 3. The lowest BCUT2D eigenvalue weighted by atomic mass is 9.68. The van der Waals surface area contributed by atoms with Crippen LogP contribution >= 0.6 is 31.9 Å². The molecule has 0 aliphatic carbocycles. The van der Waals surface area contributed by atoms with Crippen LogP contribution in [-0.4, -0.2) is 37.6 Å². The molecular weight excluding hydrogens is 612 g/mol. The second kappa shape index (κ2) is 10.4. The van der Waals surface area contributed by atoms with Gasteiger partial charge in [-0.05, 0) is 70.4 Å².